The van der Waals surface area contributed by atoms with Gasteiger partial charge in [-0.3, -0.25) is 4.90 Å². The number of hydrogen-bond donors (Lipinski definition) is 0. The van der Waals surface area contributed by atoms with Crippen LogP contribution in [0.2, 0.25) is 0 Å². The molecule has 0 N–H and O–H groups in total. The van der Waals surface area contributed by atoms with Crippen LogP contribution in [0.4, 0.5) is 5.82 Å². The zero-order valence-corrected chi connectivity index (χ0v) is 13.9. The average Bonchev–Trinajstić information content (AvgIpc) is 2.56. The van der Waals surface area contributed by atoms with Crippen LogP contribution in [0.25, 0.3) is 0 Å². The molecule has 0 radical (unpaired) electrons. The third kappa shape index (κ3) is 3.96. The Morgan fingerprint density at radius 3 is 2.86 bits per heavy atom. The minimum Gasteiger partial charge on any atom is -0.377 e. The molecule has 0 bridgehead atoms. The summed E-state index contributed by atoms with van der Waals surface area (Å²) in [5, 5.41) is 8.54. The van der Waals surface area contributed by atoms with E-state index < -0.39 is 0 Å². The van der Waals surface area contributed by atoms with Crippen LogP contribution in [0.5, 0.6) is 0 Å². The third-order valence-corrected chi connectivity index (χ3v) is 4.89. The number of anilines is 1. The van der Waals surface area contributed by atoms with Crippen LogP contribution < -0.4 is 4.90 Å². The smallest absolute Gasteiger partial charge is 0.151 e. The second-order valence-corrected chi connectivity index (χ2v) is 6.70. The summed E-state index contributed by atoms with van der Waals surface area (Å²) in [6, 6.07) is 4.72. The molecule has 3 heterocycles. The second kappa shape index (κ2) is 7.38. The van der Waals surface area contributed by atoms with Crippen molar-refractivity contribution in [1.82, 2.24) is 15.1 Å². The minimum absolute atomic E-state index is 0.424. The molecular weight excluding hydrogens is 276 g/mol. The quantitative estimate of drug-likeness (QED) is 0.853. The first kappa shape index (κ1) is 15.7. The lowest BCUT2D eigenvalue weighted by Gasteiger charge is -2.39. The number of piperidine rings is 1. The van der Waals surface area contributed by atoms with Crippen LogP contribution in [-0.4, -0.2) is 60.5 Å². The largest absolute Gasteiger partial charge is 0.377 e. The molecule has 0 aromatic carbocycles. The van der Waals surface area contributed by atoms with Crippen LogP contribution in [-0.2, 0) is 4.74 Å². The van der Waals surface area contributed by atoms with Crippen molar-refractivity contribution in [1.29, 1.82) is 0 Å². The van der Waals surface area contributed by atoms with Crippen LogP contribution in [0.1, 0.15) is 37.8 Å². The molecular formula is C17H28N4O. The Morgan fingerprint density at radius 1 is 1.23 bits per heavy atom. The molecule has 2 aliphatic heterocycles. The van der Waals surface area contributed by atoms with Gasteiger partial charge in [-0.05, 0) is 58.2 Å². The molecule has 1 aromatic rings. The number of likely N-dealkylation sites (N-methyl/N-ethyl adjacent to an activating group) is 1. The topological polar surface area (TPSA) is 41.5 Å². The predicted octanol–water partition coefficient (Wildman–Crippen LogP) is 2.25. The number of rotatable bonds is 4. The molecule has 2 saturated heterocycles. The predicted molar refractivity (Wildman–Crippen MR) is 88.2 cm³/mol. The van der Waals surface area contributed by atoms with Crippen molar-refractivity contribution in [2.45, 2.75) is 51.2 Å². The Kier molecular flexibility index (Phi) is 5.26. The van der Waals surface area contributed by atoms with E-state index in [0.29, 0.717) is 12.1 Å². The first-order valence-corrected chi connectivity index (χ1v) is 8.59. The molecule has 22 heavy (non-hydrogen) atoms. The molecule has 5 nitrogen and oxygen atoms in total. The van der Waals surface area contributed by atoms with Gasteiger partial charge in [0, 0.05) is 32.3 Å². The van der Waals surface area contributed by atoms with E-state index >= 15 is 0 Å². The first-order chi connectivity index (χ1) is 10.7. The van der Waals surface area contributed by atoms with E-state index in [2.05, 4.69) is 33.1 Å². The van der Waals surface area contributed by atoms with Gasteiger partial charge in [-0.2, -0.15) is 5.10 Å². The number of nitrogens with zero attached hydrogens (tertiary/aromatic N) is 4. The van der Waals surface area contributed by atoms with Crippen molar-refractivity contribution >= 4 is 5.82 Å². The lowest BCUT2D eigenvalue weighted by atomic mass is 10.0. The molecule has 2 aliphatic rings. The number of aryl methyl sites for hydroxylation is 1. The van der Waals surface area contributed by atoms with Gasteiger partial charge in [-0.15, -0.1) is 5.10 Å². The first-order valence-electron chi connectivity index (χ1n) is 8.59. The van der Waals surface area contributed by atoms with E-state index in [1.807, 2.05) is 13.0 Å². The van der Waals surface area contributed by atoms with E-state index in [0.717, 1.165) is 37.8 Å². The van der Waals surface area contributed by atoms with Gasteiger partial charge in [0.25, 0.3) is 0 Å². The van der Waals surface area contributed by atoms with Gasteiger partial charge >= 0.3 is 0 Å². The maximum atomic E-state index is 5.89. The summed E-state index contributed by atoms with van der Waals surface area (Å²) in [5.74, 6) is 1.01. The Balaban J connectivity index is 1.56. The fraction of sp³-hybridized carbons (Fsp3) is 0.765. The number of hydrogen-bond acceptors (Lipinski definition) is 5. The molecule has 122 valence electrons. The van der Waals surface area contributed by atoms with Gasteiger partial charge in [0.15, 0.2) is 5.82 Å². The fourth-order valence-electron chi connectivity index (χ4n) is 3.50. The van der Waals surface area contributed by atoms with Gasteiger partial charge in [-0.1, -0.05) is 0 Å². The van der Waals surface area contributed by atoms with E-state index in [9.17, 15) is 0 Å². The van der Waals surface area contributed by atoms with E-state index in [1.54, 1.807) is 0 Å². The molecule has 0 spiro atoms. The van der Waals surface area contributed by atoms with Crippen LogP contribution in [0.3, 0.4) is 0 Å². The summed E-state index contributed by atoms with van der Waals surface area (Å²) in [7, 11) is 2.24. The summed E-state index contributed by atoms with van der Waals surface area (Å²) in [5.41, 5.74) is 0.976. The molecule has 3 rings (SSSR count). The maximum Gasteiger partial charge on any atom is 0.151 e. The van der Waals surface area contributed by atoms with Gasteiger partial charge in [0.05, 0.1) is 11.8 Å². The highest BCUT2D eigenvalue weighted by Gasteiger charge is 2.26. The number of aromatic nitrogens is 2. The molecule has 1 aromatic heterocycles. The summed E-state index contributed by atoms with van der Waals surface area (Å²) >= 11 is 0. The van der Waals surface area contributed by atoms with Crippen molar-refractivity contribution in [3.8, 4) is 0 Å². The zero-order valence-electron chi connectivity index (χ0n) is 13.9. The van der Waals surface area contributed by atoms with E-state index in [4.69, 9.17) is 4.74 Å². The summed E-state index contributed by atoms with van der Waals surface area (Å²) in [4.78, 5) is 4.86. The summed E-state index contributed by atoms with van der Waals surface area (Å²) < 4.78 is 5.89. The molecule has 0 saturated carbocycles. The molecule has 0 unspecified atom stereocenters. The Bertz CT molecular complexity index is 458. The van der Waals surface area contributed by atoms with Crippen molar-refractivity contribution < 1.29 is 4.74 Å². The highest BCUT2D eigenvalue weighted by Crippen LogP contribution is 2.21. The van der Waals surface area contributed by atoms with Crippen molar-refractivity contribution in [2.24, 2.45) is 0 Å². The van der Waals surface area contributed by atoms with Gasteiger partial charge in [0.2, 0.25) is 0 Å². The van der Waals surface area contributed by atoms with Crippen LogP contribution >= 0.6 is 0 Å². The van der Waals surface area contributed by atoms with Crippen molar-refractivity contribution in [3.63, 3.8) is 0 Å². The normalized spacial score (nSPS) is 26.4. The monoisotopic (exact) mass is 304 g/mol. The molecule has 2 atom stereocenters. The standard InChI is InChI=1S/C17H28N4O/c1-14-8-9-17(19-18-14)21-10-5-6-15(12-21)20(2)13-16-7-3-4-11-22-16/h8-9,15-16H,3-7,10-13H2,1-2H3/t15-,16+/m1/s1. The minimum atomic E-state index is 0.424. The molecule has 2 fully saturated rings. The zero-order chi connectivity index (χ0) is 15.4. The number of ether oxygens (including phenoxy) is 1. The van der Waals surface area contributed by atoms with Crippen molar-refractivity contribution in [3.05, 3.63) is 17.8 Å². The average molecular weight is 304 g/mol. The maximum absolute atomic E-state index is 5.89. The Morgan fingerprint density at radius 2 is 2.14 bits per heavy atom. The van der Waals surface area contributed by atoms with Gasteiger partial charge in [0.1, 0.15) is 0 Å². The Hall–Kier alpha value is -1.20. The van der Waals surface area contributed by atoms with Crippen LogP contribution in [0, 0.1) is 6.92 Å². The van der Waals surface area contributed by atoms with Crippen LogP contribution in [0.15, 0.2) is 12.1 Å². The lowest BCUT2D eigenvalue weighted by molar-refractivity contribution is -0.00908. The highest BCUT2D eigenvalue weighted by molar-refractivity contribution is 5.38. The summed E-state index contributed by atoms with van der Waals surface area (Å²) in [6.45, 7) is 6.10. The van der Waals surface area contributed by atoms with Crippen molar-refractivity contribution in [2.75, 3.05) is 38.2 Å². The van der Waals surface area contributed by atoms with Gasteiger partial charge in [-0.25, -0.2) is 0 Å². The van der Waals surface area contributed by atoms with E-state index in [1.165, 1.54) is 32.1 Å². The fourth-order valence-corrected chi connectivity index (χ4v) is 3.50. The Labute approximate surface area is 133 Å². The lowest BCUT2D eigenvalue weighted by Crippen LogP contribution is -2.49. The van der Waals surface area contributed by atoms with Gasteiger partial charge < -0.3 is 9.64 Å². The third-order valence-electron chi connectivity index (χ3n) is 4.89. The second-order valence-electron chi connectivity index (χ2n) is 6.70. The summed E-state index contributed by atoms with van der Waals surface area (Å²) in [6.07, 6.45) is 6.66. The molecule has 0 aliphatic carbocycles. The highest BCUT2D eigenvalue weighted by atomic mass is 16.5. The van der Waals surface area contributed by atoms with E-state index in [-0.39, 0.29) is 0 Å². The SMILES string of the molecule is Cc1ccc(N2CCC[C@@H](N(C)C[C@@H]3CCCCO3)C2)nn1. The molecule has 5 heteroatoms. The molecule has 0 amide bonds.